The Hall–Kier alpha value is -1.26. The zero-order valence-corrected chi connectivity index (χ0v) is 13.0. The topological polar surface area (TPSA) is 64.4 Å². The van der Waals surface area contributed by atoms with E-state index < -0.39 is 0 Å². The molecule has 0 saturated heterocycles. The minimum atomic E-state index is 0. The Labute approximate surface area is 127 Å². The number of ether oxygens (including phenoxy) is 1. The highest BCUT2D eigenvalue weighted by Gasteiger charge is 2.10. The Balaban J connectivity index is 0.00000361. The molecule has 0 bridgehead atoms. The van der Waals surface area contributed by atoms with Crippen LogP contribution in [-0.2, 0) is 4.79 Å². The molecule has 0 spiro atoms. The van der Waals surface area contributed by atoms with E-state index in [1.807, 2.05) is 38.1 Å². The van der Waals surface area contributed by atoms with Gasteiger partial charge in [0.2, 0.25) is 5.91 Å². The lowest BCUT2D eigenvalue weighted by Crippen LogP contribution is -2.35. The number of hydrogen-bond acceptors (Lipinski definition) is 3. The zero-order chi connectivity index (χ0) is 14.1. The summed E-state index contributed by atoms with van der Waals surface area (Å²) in [7, 11) is 0. The highest BCUT2D eigenvalue weighted by molar-refractivity contribution is 5.85. The van der Waals surface area contributed by atoms with Crippen LogP contribution in [0.5, 0.6) is 5.75 Å². The number of nitrogens with two attached hydrogens (primary N) is 1. The van der Waals surface area contributed by atoms with E-state index in [0.717, 1.165) is 18.6 Å². The lowest BCUT2D eigenvalue weighted by molar-refractivity contribution is -0.121. The zero-order valence-electron chi connectivity index (χ0n) is 12.2. The first-order chi connectivity index (χ1) is 9.15. The van der Waals surface area contributed by atoms with Crippen LogP contribution in [0.2, 0.25) is 0 Å². The number of amides is 1. The van der Waals surface area contributed by atoms with Crippen molar-refractivity contribution in [3.63, 3.8) is 0 Å². The van der Waals surface area contributed by atoms with Crippen molar-refractivity contribution >= 4 is 18.3 Å². The van der Waals surface area contributed by atoms with E-state index in [1.54, 1.807) is 0 Å². The van der Waals surface area contributed by atoms with Crippen molar-refractivity contribution in [1.82, 2.24) is 5.32 Å². The van der Waals surface area contributed by atoms with Gasteiger partial charge in [-0.3, -0.25) is 4.79 Å². The van der Waals surface area contributed by atoms with E-state index in [0.29, 0.717) is 19.5 Å². The Morgan fingerprint density at radius 2 is 2.20 bits per heavy atom. The smallest absolute Gasteiger partial charge is 0.220 e. The molecule has 1 rings (SSSR count). The monoisotopic (exact) mass is 300 g/mol. The van der Waals surface area contributed by atoms with Gasteiger partial charge in [0.25, 0.3) is 0 Å². The normalized spacial score (nSPS) is 11.3. The molecule has 3 N–H and O–H groups in total. The van der Waals surface area contributed by atoms with Gasteiger partial charge in [-0.2, -0.15) is 0 Å². The van der Waals surface area contributed by atoms with Gasteiger partial charge in [0.05, 0.1) is 6.54 Å². The lowest BCUT2D eigenvalue weighted by atomic mass is 10.2. The van der Waals surface area contributed by atoms with Crippen LogP contribution in [0.4, 0.5) is 0 Å². The first-order valence-corrected chi connectivity index (χ1v) is 6.85. The maximum atomic E-state index is 11.5. The number of hydrogen-bond donors (Lipinski definition) is 2. The van der Waals surface area contributed by atoms with Gasteiger partial charge in [0.15, 0.2) is 0 Å². The molecule has 5 heteroatoms. The Morgan fingerprint density at radius 3 is 2.80 bits per heavy atom. The van der Waals surface area contributed by atoms with Crippen LogP contribution >= 0.6 is 12.4 Å². The summed E-state index contributed by atoms with van der Waals surface area (Å²) in [6, 6.07) is 7.93. The summed E-state index contributed by atoms with van der Waals surface area (Å²) in [5.41, 5.74) is 6.54. The summed E-state index contributed by atoms with van der Waals surface area (Å²) in [6.07, 6.45) is 2.06. The number of aryl methyl sites for hydroxylation is 1. The molecule has 0 heterocycles. The molecule has 0 aliphatic rings. The average Bonchev–Trinajstić information content (AvgIpc) is 2.41. The third kappa shape index (κ3) is 7.36. The fraction of sp³-hybridized carbons (Fsp3) is 0.533. The van der Waals surface area contributed by atoms with Crippen molar-refractivity contribution in [2.45, 2.75) is 39.2 Å². The minimum absolute atomic E-state index is 0. The van der Waals surface area contributed by atoms with Gasteiger partial charge in [-0.05, 0) is 44.0 Å². The van der Waals surface area contributed by atoms with Crippen LogP contribution in [0, 0.1) is 6.92 Å². The first-order valence-electron chi connectivity index (χ1n) is 6.85. The number of carbonyl (C=O) groups is 1. The van der Waals surface area contributed by atoms with Crippen LogP contribution in [-0.4, -0.2) is 25.1 Å². The molecule has 0 aliphatic heterocycles. The number of rotatable bonds is 8. The van der Waals surface area contributed by atoms with Gasteiger partial charge in [0, 0.05) is 6.42 Å². The maximum Gasteiger partial charge on any atom is 0.220 e. The summed E-state index contributed by atoms with van der Waals surface area (Å²) in [6.45, 7) is 5.16. The highest BCUT2D eigenvalue weighted by Crippen LogP contribution is 2.15. The third-order valence-corrected chi connectivity index (χ3v) is 2.88. The molecule has 1 amide bonds. The van der Waals surface area contributed by atoms with Crippen LogP contribution in [0.25, 0.3) is 0 Å². The van der Waals surface area contributed by atoms with Crippen LogP contribution < -0.4 is 15.8 Å². The molecule has 0 aliphatic carbocycles. The summed E-state index contributed by atoms with van der Waals surface area (Å²) >= 11 is 0. The fourth-order valence-corrected chi connectivity index (χ4v) is 1.73. The van der Waals surface area contributed by atoms with E-state index in [-0.39, 0.29) is 24.4 Å². The SMILES string of the molecule is CCC(CNC(=O)CCCN)Oc1cccc(C)c1.Cl. The van der Waals surface area contributed by atoms with E-state index in [9.17, 15) is 4.79 Å². The quantitative estimate of drug-likeness (QED) is 0.775. The number of benzene rings is 1. The highest BCUT2D eigenvalue weighted by atomic mass is 35.5. The molecule has 1 aromatic carbocycles. The van der Waals surface area contributed by atoms with Crippen molar-refractivity contribution in [1.29, 1.82) is 0 Å². The predicted molar refractivity (Wildman–Crippen MR) is 84.4 cm³/mol. The lowest BCUT2D eigenvalue weighted by Gasteiger charge is -2.18. The van der Waals surface area contributed by atoms with E-state index in [4.69, 9.17) is 10.5 Å². The van der Waals surface area contributed by atoms with Gasteiger partial charge < -0.3 is 15.8 Å². The maximum absolute atomic E-state index is 11.5. The van der Waals surface area contributed by atoms with Gasteiger partial charge in [0.1, 0.15) is 11.9 Å². The molecule has 114 valence electrons. The van der Waals surface area contributed by atoms with Crippen LogP contribution in [0.15, 0.2) is 24.3 Å². The Bertz CT molecular complexity index is 399. The molecule has 4 nitrogen and oxygen atoms in total. The average molecular weight is 301 g/mol. The number of nitrogens with one attached hydrogen (secondary N) is 1. The molecule has 20 heavy (non-hydrogen) atoms. The Morgan fingerprint density at radius 1 is 1.45 bits per heavy atom. The van der Waals surface area contributed by atoms with Crippen LogP contribution in [0.1, 0.15) is 31.7 Å². The summed E-state index contributed by atoms with van der Waals surface area (Å²) < 4.78 is 5.86. The van der Waals surface area contributed by atoms with E-state index in [1.165, 1.54) is 5.56 Å². The Kier molecular flexibility index (Phi) is 9.86. The van der Waals surface area contributed by atoms with Crippen molar-refractivity contribution in [3.8, 4) is 5.75 Å². The van der Waals surface area contributed by atoms with E-state index >= 15 is 0 Å². The largest absolute Gasteiger partial charge is 0.489 e. The summed E-state index contributed by atoms with van der Waals surface area (Å²) in [5.74, 6) is 0.889. The molecule has 1 unspecified atom stereocenters. The molecular weight excluding hydrogens is 276 g/mol. The second kappa shape index (κ2) is 10.5. The van der Waals surface area contributed by atoms with Crippen molar-refractivity contribution in [3.05, 3.63) is 29.8 Å². The minimum Gasteiger partial charge on any atom is -0.489 e. The number of halogens is 1. The van der Waals surface area contributed by atoms with Gasteiger partial charge in [-0.15, -0.1) is 12.4 Å². The second-order valence-electron chi connectivity index (χ2n) is 4.66. The summed E-state index contributed by atoms with van der Waals surface area (Å²) in [4.78, 5) is 11.5. The van der Waals surface area contributed by atoms with Gasteiger partial charge >= 0.3 is 0 Å². The van der Waals surface area contributed by atoms with E-state index in [2.05, 4.69) is 5.32 Å². The summed E-state index contributed by atoms with van der Waals surface area (Å²) in [5, 5.41) is 2.88. The van der Waals surface area contributed by atoms with Crippen LogP contribution in [0.3, 0.4) is 0 Å². The van der Waals surface area contributed by atoms with Crippen molar-refractivity contribution < 1.29 is 9.53 Å². The molecule has 0 fully saturated rings. The molecule has 1 atom stereocenters. The first kappa shape index (κ1) is 18.7. The molecule has 0 saturated carbocycles. The molecule has 0 radical (unpaired) electrons. The van der Waals surface area contributed by atoms with Gasteiger partial charge in [-0.1, -0.05) is 19.1 Å². The van der Waals surface area contributed by atoms with Crippen molar-refractivity contribution in [2.75, 3.05) is 13.1 Å². The standard InChI is InChI=1S/C15H24N2O2.ClH/c1-3-13(11-17-15(18)8-5-9-16)19-14-7-4-6-12(2)10-14;/h4,6-7,10,13H,3,5,8-9,11,16H2,1-2H3,(H,17,18);1H. The van der Waals surface area contributed by atoms with Crippen molar-refractivity contribution in [2.24, 2.45) is 5.73 Å². The molecule has 0 aromatic heterocycles. The molecular formula is C15H25ClN2O2. The molecule has 1 aromatic rings. The van der Waals surface area contributed by atoms with Gasteiger partial charge in [-0.25, -0.2) is 0 Å². The second-order valence-corrected chi connectivity index (χ2v) is 4.66. The third-order valence-electron chi connectivity index (χ3n) is 2.88. The fourth-order valence-electron chi connectivity index (χ4n) is 1.73. The predicted octanol–water partition coefficient (Wildman–Crippen LogP) is 2.43. The number of carbonyl (C=O) groups excluding carboxylic acids is 1.